The quantitative estimate of drug-likeness (QED) is 0.0926. The molecule has 4 rings (SSSR count). The first-order chi connectivity index (χ1) is 21.0. The summed E-state index contributed by atoms with van der Waals surface area (Å²) in [6, 6.07) is 12.1. The topological polar surface area (TPSA) is 178 Å². The lowest BCUT2D eigenvalue weighted by molar-refractivity contribution is -0.145. The number of unbranched alkanes of at least 4 members (excludes halogenated alkanes) is 2. The summed E-state index contributed by atoms with van der Waals surface area (Å²) in [7, 11) is -4.45. The Bertz CT molecular complexity index is 1700. The number of aromatic amines is 1. The molecular weight excluding hydrogens is 617 g/mol. The zero-order valence-electron chi connectivity index (χ0n) is 24.0. The van der Waals surface area contributed by atoms with Crippen LogP contribution in [0.3, 0.4) is 0 Å². The average Bonchev–Trinajstić information content (AvgIpc) is 3.23. The second kappa shape index (κ2) is 14.5. The molecule has 0 saturated carbocycles. The normalized spacial score (nSPS) is 23.3. The molecule has 1 aliphatic rings. The zero-order valence-corrected chi connectivity index (χ0v) is 25.6. The Morgan fingerprint density at radius 1 is 1.23 bits per heavy atom. The molecule has 1 fully saturated rings. The highest BCUT2D eigenvalue weighted by molar-refractivity contribution is 7.52. The van der Waals surface area contributed by atoms with Gasteiger partial charge in [-0.15, -0.1) is 0 Å². The fraction of sp³-hybridized carbons (Fsp3) is 0.414. The van der Waals surface area contributed by atoms with E-state index in [1.54, 1.807) is 24.3 Å². The molecular formula is C29H33ClN3O10P. The van der Waals surface area contributed by atoms with Gasteiger partial charge in [-0.3, -0.25) is 23.7 Å². The summed E-state index contributed by atoms with van der Waals surface area (Å²) in [5.74, 6) is 1.73. The molecule has 0 spiro atoms. The summed E-state index contributed by atoms with van der Waals surface area (Å²) in [6.07, 6.45) is -1.41. The monoisotopic (exact) mass is 649 g/mol. The Kier molecular flexibility index (Phi) is 11.0. The van der Waals surface area contributed by atoms with Gasteiger partial charge in [0, 0.05) is 23.0 Å². The first-order valence-electron chi connectivity index (χ1n) is 13.9. The van der Waals surface area contributed by atoms with E-state index >= 15 is 0 Å². The standard InChI is InChI=1S/C29H33ClN3O10P/c1-3-4-7-17-40-26(36)19(2)32-44(39,43-22-12-8-10-20-9-5-6-11-21(20)22)41-18-23-25(35)29(38,14-15-30)27(42-23)33-16-13-24(34)31-28(33)37/h5-6,8-13,16,19,23,25,27,35,38H,3-4,7,17-18H2,1-2H3,(H,32,39)(H,31,34,37)/t19-,23+,25+,27+,29+,44?/m0/s1. The molecule has 13 nitrogen and oxygen atoms in total. The van der Waals surface area contributed by atoms with E-state index in [2.05, 4.69) is 11.0 Å². The molecule has 0 aliphatic carbocycles. The van der Waals surface area contributed by atoms with Crippen LogP contribution in [0, 0.1) is 11.3 Å². The summed E-state index contributed by atoms with van der Waals surface area (Å²) in [5.41, 5.74) is -4.10. The van der Waals surface area contributed by atoms with Crippen molar-refractivity contribution >= 4 is 36.1 Å². The molecule has 1 aliphatic heterocycles. The fourth-order valence-corrected chi connectivity index (χ4v) is 6.28. The van der Waals surface area contributed by atoms with E-state index in [1.165, 1.54) is 6.92 Å². The van der Waals surface area contributed by atoms with Crippen molar-refractivity contribution in [1.29, 1.82) is 0 Å². The molecule has 0 amide bonds. The molecule has 4 N–H and O–H groups in total. The van der Waals surface area contributed by atoms with Crippen molar-refractivity contribution in [3.05, 3.63) is 75.6 Å². The molecule has 3 aromatic rings. The Morgan fingerprint density at radius 3 is 2.70 bits per heavy atom. The number of esters is 1. The zero-order chi connectivity index (χ0) is 31.9. The number of hydrogen-bond acceptors (Lipinski definition) is 10. The molecule has 1 unspecified atom stereocenters. The molecule has 2 aromatic carbocycles. The van der Waals surface area contributed by atoms with E-state index in [-0.39, 0.29) is 12.4 Å². The Balaban J connectivity index is 1.60. The molecule has 1 aromatic heterocycles. The SMILES string of the molecule is CCCCCOC(=O)[C@H](C)NP(=O)(OC[C@H]1O[C@@H](n2ccc(=O)[nH]c2=O)[C@@](O)(C#CCl)[C@@H]1O)Oc1cccc2ccccc12. The minimum atomic E-state index is -4.45. The van der Waals surface area contributed by atoms with Crippen LogP contribution in [-0.4, -0.2) is 62.8 Å². The number of benzene rings is 2. The molecule has 0 bridgehead atoms. The van der Waals surface area contributed by atoms with Crippen LogP contribution in [0.1, 0.15) is 39.3 Å². The van der Waals surface area contributed by atoms with E-state index in [9.17, 15) is 29.2 Å². The van der Waals surface area contributed by atoms with E-state index in [1.807, 2.05) is 35.5 Å². The highest BCUT2D eigenvalue weighted by atomic mass is 35.5. The van der Waals surface area contributed by atoms with Gasteiger partial charge < -0.3 is 24.2 Å². The van der Waals surface area contributed by atoms with Crippen LogP contribution < -0.4 is 20.9 Å². The van der Waals surface area contributed by atoms with Crippen molar-refractivity contribution in [2.75, 3.05) is 13.2 Å². The third-order valence-corrected chi connectivity index (χ3v) is 8.63. The number of halogens is 1. The number of nitrogens with zero attached hydrogens (tertiary/aromatic N) is 1. The molecule has 0 radical (unpaired) electrons. The van der Waals surface area contributed by atoms with Crippen molar-refractivity contribution in [3.8, 4) is 17.0 Å². The van der Waals surface area contributed by atoms with Crippen molar-refractivity contribution in [2.45, 2.75) is 63.2 Å². The third kappa shape index (κ3) is 7.60. The van der Waals surface area contributed by atoms with Crippen LogP contribution in [0.25, 0.3) is 10.8 Å². The maximum absolute atomic E-state index is 14.2. The van der Waals surface area contributed by atoms with Crippen LogP contribution in [-0.2, 0) is 23.4 Å². The van der Waals surface area contributed by atoms with E-state index in [0.717, 1.165) is 35.1 Å². The summed E-state index contributed by atoms with van der Waals surface area (Å²) in [4.78, 5) is 38.7. The van der Waals surface area contributed by atoms with Gasteiger partial charge >= 0.3 is 19.4 Å². The number of carbonyl (C=O) groups excluding carboxylic acids is 1. The highest BCUT2D eigenvalue weighted by Crippen LogP contribution is 2.48. The number of aromatic nitrogens is 2. The molecule has 236 valence electrons. The third-order valence-electron chi connectivity index (χ3n) is 6.91. The summed E-state index contributed by atoms with van der Waals surface area (Å²) >= 11 is 5.55. The second-order valence-electron chi connectivity index (χ2n) is 10.1. The maximum atomic E-state index is 14.2. The number of aliphatic hydroxyl groups is 2. The summed E-state index contributed by atoms with van der Waals surface area (Å²) in [5, 5.41) is 28.2. The first kappa shape index (κ1) is 33.4. The van der Waals surface area contributed by atoms with Gasteiger partial charge in [-0.2, -0.15) is 5.09 Å². The smallest absolute Gasteiger partial charge is 0.459 e. The highest BCUT2D eigenvalue weighted by Gasteiger charge is 2.56. The van der Waals surface area contributed by atoms with Gasteiger partial charge in [0.15, 0.2) is 6.23 Å². The number of ether oxygens (including phenoxy) is 2. The van der Waals surface area contributed by atoms with Gasteiger partial charge in [0.2, 0.25) is 5.60 Å². The number of aliphatic hydroxyl groups excluding tert-OH is 1. The van der Waals surface area contributed by atoms with Gasteiger partial charge in [0.25, 0.3) is 5.56 Å². The predicted molar refractivity (Wildman–Crippen MR) is 161 cm³/mol. The second-order valence-corrected chi connectivity index (χ2v) is 12.0. The lowest BCUT2D eigenvalue weighted by atomic mass is 9.95. The molecule has 15 heteroatoms. The van der Waals surface area contributed by atoms with Gasteiger partial charge in [-0.1, -0.05) is 56.2 Å². The predicted octanol–water partition coefficient (Wildman–Crippen LogP) is 2.79. The lowest BCUT2D eigenvalue weighted by Crippen LogP contribution is -2.48. The Labute approximate surface area is 257 Å². The van der Waals surface area contributed by atoms with Crippen LogP contribution in [0.4, 0.5) is 0 Å². The Morgan fingerprint density at radius 2 is 1.98 bits per heavy atom. The minimum absolute atomic E-state index is 0.178. The Hall–Kier alpha value is -3.47. The van der Waals surface area contributed by atoms with E-state index in [4.69, 9.17) is 30.1 Å². The van der Waals surface area contributed by atoms with E-state index < -0.39 is 61.7 Å². The fourth-order valence-electron chi connectivity index (χ4n) is 4.61. The maximum Gasteiger partial charge on any atom is 0.459 e. The van der Waals surface area contributed by atoms with E-state index in [0.29, 0.717) is 11.8 Å². The average molecular weight is 650 g/mol. The largest absolute Gasteiger partial charge is 0.465 e. The number of rotatable bonds is 13. The lowest BCUT2D eigenvalue weighted by Gasteiger charge is -2.26. The van der Waals surface area contributed by atoms with Crippen LogP contribution in [0.2, 0.25) is 0 Å². The number of nitrogens with one attached hydrogen (secondary N) is 2. The summed E-state index contributed by atoms with van der Waals surface area (Å²) < 4.78 is 37.6. The molecule has 2 heterocycles. The molecule has 44 heavy (non-hydrogen) atoms. The molecule has 1 saturated heterocycles. The van der Waals surface area contributed by atoms with Gasteiger partial charge in [0.05, 0.1) is 13.2 Å². The van der Waals surface area contributed by atoms with Crippen LogP contribution >= 0.6 is 19.3 Å². The van der Waals surface area contributed by atoms with Gasteiger partial charge in [-0.05, 0) is 42.3 Å². The number of hydrogen-bond donors (Lipinski definition) is 4. The van der Waals surface area contributed by atoms with Crippen molar-refractivity contribution < 1.29 is 38.1 Å². The number of H-pyrrole nitrogens is 1. The van der Waals surface area contributed by atoms with Gasteiger partial charge in [-0.25, -0.2) is 9.36 Å². The van der Waals surface area contributed by atoms with Crippen molar-refractivity contribution in [2.24, 2.45) is 0 Å². The van der Waals surface area contributed by atoms with Crippen molar-refractivity contribution in [3.63, 3.8) is 0 Å². The number of fused-ring (bicyclic) bond motifs is 1. The first-order valence-corrected chi connectivity index (χ1v) is 15.8. The molecule has 6 atom stereocenters. The summed E-state index contributed by atoms with van der Waals surface area (Å²) in [6.45, 7) is 2.95. The van der Waals surface area contributed by atoms with Crippen LogP contribution in [0.15, 0.2) is 64.3 Å². The number of carbonyl (C=O) groups is 1. The van der Waals surface area contributed by atoms with Crippen LogP contribution in [0.5, 0.6) is 5.75 Å². The van der Waals surface area contributed by atoms with Crippen molar-refractivity contribution in [1.82, 2.24) is 14.6 Å². The van der Waals surface area contributed by atoms with Gasteiger partial charge in [0.1, 0.15) is 24.0 Å². The minimum Gasteiger partial charge on any atom is -0.465 e.